The Morgan fingerprint density at radius 3 is 1.37 bits per heavy atom. The van der Waals surface area contributed by atoms with Crippen molar-refractivity contribution in [1.82, 2.24) is 19.1 Å². The Labute approximate surface area is 158 Å². The molecule has 0 radical (unpaired) electrons. The third-order valence-corrected chi connectivity index (χ3v) is 5.98. The van der Waals surface area contributed by atoms with Gasteiger partial charge in [0.15, 0.2) is 0 Å². The minimum atomic E-state index is -4.30. The SMILES string of the molecule is C[Si](C)(C)C(F)(F)C(F)(F)n1ccnc1.FC(F)(Br)C(F)(F)n1ccnc1. The highest BCUT2D eigenvalue weighted by atomic mass is 79.9. The van der Waals surface area contributed by atoms with Crippen molar-refractivity contribution in [2.75, 3.05) is 0 Å². The number of halogens is 9. The molecule has 0 aliphatic rings. The standard InChI is InChI=1S/C8H12F4N2Si.C5H3BrF4N2/c1-15(2,3)8(11,12)7(9,10)14-5-4-13-6-14;6-4(7,8)5(9,10)12-2-1-11-3-12/h4-6H,1-3H3;1-3H. The number of nitrogens with zero attached hydrogens (tertiary/aromatic N) is 4. The van der Waals surface area contributed by atoms with E-state index in [0.29, 0.717) is 12.7 Å². The average molecular weight is 487 g/mol. The van der Waals surface area contributed by atoms with Gasteiger partial charge in [-0.05, 0) is 15.9 Å². The summed E-state index contributed by atoms with van der Waals surface area (Å²) in [7, 11) is -3.31. The minimum Gasteiger partial charge on any atom is -0.273 e. The van der Waals surface area contributed by atoms with Gasteiger partial charge in [-0.3, -0.25) is 9.13 Å². The van der Waals surface area contributed by atoms with Crippen LogP contribution in [0.4, 0.5) is 35.1 Å². The molecule has 154 valence electrons. The summed E-state index contributed by atoms with van der Waals surface area (Å²) in [5.41, 5.74) is -4.01. The lowest BCUT2D eigenvalue weighted by molar-refractivity contribution is -0.221. The van der Waals surface area contributed by atoms with Gasteiger partial charge in [-0.2, -0.15) is 26.3 Å². The van der Waals surface area contributed by atoms with Crippen LogP contribution >= 0.6 is 15.9 Å². The summed E-state index contributed by atoms with van der Waals surface area (Å²) in [5.74, 6) is 0. The van der Waals surface area contributed by atoms with Crippen molar-refractivity contribution in [1.29, 1.82) is 0 Å². The van der Waals surface area contributed by atoms with Crippen LogP contribution in [0, 0.1) is 0 Å². The smallest absolute Gasteiger partial charge is 0.273 e. The molecule has 4 nitrogen and oxygen atoms in total. The summed E-state index contributed by atoms with van der Waals surface area (Å²) >= 11 is 1.59. The Hall–Kier alpha value is -1.44. The Bertz CT molecular complexity index is 708. The van der Waals surface area contributed by atoms with Gasteiger partial charge in [0.25, 0.3) is 0 Å². The lowest BCUT2D eigenvalue weighted by Gasteiger charge is -2.35. The molecule has 0 atom stereocenters. The third kappa shape index (κ3) is 4.70. The minimum absolute atomic E-state index is 0.0295. The van der Waals surface area contributed by atoms with Crippen LogP contribution in [0.2, 0.25) is 19.6 Å². The maximum atomic E-state index is 13.5. The fourth-order valence-corrected chi connectivity index (χ4v) is 2.85. The summed E-state index contributed by atoms with van der Waals surface area (Å²) in [5, 5.41) is 0. The Balaban J connectivity index is 0.000000277. The zero-order chi connectivity index (χ0) is 21.3. The van der Waals surface area contributed by atoms with Gasteiger partial charge in [-0.1, -0.05) is 19.6 Å². The molecular formula is C13H15BrF8N4Si. The van der Waals surface area contributed by atoms with Crippen LogP contribution < -0.4 is 0 Å². The monoisotopic (exact) mass is 486 g/mol. The molecule has 0 aliphatic carbocycles. The first-order chi connectivity index (χ1) is 12.0. The topological polar surface area (TPSA) is 35.6 Å². The molecule has 2 aromatic rings. The van der Waals surface area contributed by atoms with Crippen LogP contribution in [0.5, 0.6) is 0 Å². The fraction of sp³-hybridized carbons (Fsp3) is 0.538. The lowest BCUT2D eigenvalue weighted by Crippen LogP contribution is -2.57. The Morgan fingerprint density at radius 2 is 1.11 bits per heavy atom. The molecule has 14 heteroatoms. The van der Waals surface area contributed by atoms with E-state index >= 15 is 0 Å². The van der Waals surface area contributed by atoms with E-state index in [-0.39, 0.29) is 9.13 Å². The van der Waals surface area contributed by atoms with Crippen molar-refractivity contribution >= 4 is 24.0 Å². The maximum absolute atomic E-state index is 13.5. The normalized spacial score (nSPS) is 13.9. The second kappa shape index (κ2) is 7.52. The molecule has 0 bridgehead atoms. The molecule has 0 unspecified atom stereocenters. The second-order valence-electron chi connectivity index (χ2n) is 6.34. The van der Waals surface area contributed by atoms with Crippen LogP contribution in [-0.2, 0) is 12.1 Å². The summed E-state index contributed by atoms with van der Waals surface area (Å²) < 4.78 is 104. The molecule has 2 heterocycles. The summed E-state index contributed by atoms with van der Waals surface area (Å²) in [6.07, 6.45) is 4.97. The first-order valence-electron chi connectivity index (χ1n) is 7.13. The highest BCUT2D eigenvalue weighted by Crippen LogP contribution is 2.44. The molecule has 2 aromatic heterocycles. The van der Waals surface area contributed by atoms with Crippen LogP contribution in [-0.4, -0.2) is 37.6 Å². The molecule has 2 rings (SSSR count). The zero-order valence-corrected chi connectivity index (χ0v) is 16.7. The molecule has 0 N–H and O–H groups in total. The predicted molar refractivity (Wildman–Crippen MR) is 87.0 cm³/mol. The molecule has 27 heavy (non-hydrogen) atoms. The predicted octanol–water partition coefficient (Wildman–Crippen LogP) is 5.37. The third-order valence-electron chi connectivity index (χ3n) is 3.32. The van der Waals surface area contributed by atoms with Gasteiger partial charge in [-0.25, -0.2) is 18.7 Å². The van der Waals surface area contributed by atoms with Crippen LogP contribution in [0.3, 0.4) is 0 Å². The van der Waals surface area contributed by atoms with E-state index in [1.165, 1.54) is 19.6 Å². The number of aromatic nitrogens is 4. The van der Waals surface area contributed by atoms with E-state index in [2.05, 4.69) is 9.97 Å². The summed E-state index contributed by atoms with van der Waals surface area (Å²) in [6, 6.07) is -8.52. The van der Waals surface area contributed by atoms with Gasteiger partial charge < -0.3 is 0 Å². The van der Waals surface area contributed by atoms with Crippen molar-refractivity contribution in [2.24, 2.45) is 0 Å². The largest absolute Gasteiger partial charge is 0.403 e. The number of hydrogen-bond acceptors (Lipinski definition) is 2. The maximum Gasteiger partial charge on any atom is 0.403 e. The van der Waals surface area contributed by atoms with E-state index < -0.39 is 30.5 Å². The number of hydrogen-bond donors (Lipinski definition) is 0. The van der Waals surface area contributed by atoms with Crippen molar-refractivity contribution in [3.63, 3.8) is 0 Å². The number of alkyl halides is 9. The summed E-state index contributed by atoms with van der Waals surface area (Å²) in [4.78, 5) is 2.30. The van der Waals surface area contributed by atoms with Gasteiger partial charge in [0.05, 0.1) is 12.7 Å². The lowest BCUT2D eigenvalue weighted by atomic mass is 10.5. The van der Waals surface area contributed by atoms with Crippen LogP contribution in [0.15, 0.2) is 37.4 Å². The number of rotatable bonds is 5. The number of imidazole rings is 2. The molecule has 0 spiro atoms. The van der Waals surface area contributed by atoms with E-state index in [9.17, 15) is 35.1 Å². The molecule has 0 saturated carbocycles. The van der Waals surface area contributed by atoms with Crippen LogP contribution in [0.1, 0.15) is 0 Å². The fourth-order valence-electron chi connectivity index (χ4n) is 1.61. The average Bonchev–Trinajstić information content (AvgIpc) is 3.19. The molecule has 0 amide bonds. The van der Waals surface area contributed by atoms with Crippen molar-refractivity contribution < 1.29 is 35.1 Å². The molecule has 0 aliphatic heterocycles. The van der Waals surface area contributed by atoms with E-state index in [0.717, 1.165) is 24.8 Å². The van der Waals surface area contributed by atoms with Gasteiger partial charge >= 0.3 is 22.5 Å². The first-order valence-corrected chi connectivity index (χ1v) is 11.4. The second-order valence-corrected chi connectivity index (χ2v) is 12.5. The molecule has 0 fully saturated rings. The molecule has 0 aromatic carbocycles. The highest BCUT2D eigenvalue weighted by molar-refractivity contribution is 9.10. The van der Waals surface area contributed by atoms with Crippen molar-refractivity contribution in [3.05, 3.63) is 37.4 Å². The van der Waals surface area contributed by atoms with E-state index in [1.54, 1.807) is 15.9 Å². The van der Waals surface area contributed by atoms with Crippen molar-refractivity contribution in [3.8, 4) is 0 Å². The van der Waals surface area contributed by atoms with Gasteiger partial charge in [0.2, 0.25) is 0 Å². The molecule has 0 saturated heterocycles. The first kappa shape index (κ1) is 23.6. The van der Waals surface area contributed by atoms with Crippen molar-refractivity contribution in [2.45, 2.75) is 42.1 Å². The Morgan fingerprint density at radius 1 is 0.741 bits per heavy atom. The zero-order valence-electron chi connectivity index (χ0n) is 14.2. The van der Waals surface area contributed by atoms with Gasteiger partial charge in [-0.15, -0.1) is 0 Å². The van der Waals surface area contributed by atoms with Gasteiger partial charge in [0, 0.05) is 24.8 Å². The quantitative estimate of drug-likeness (QED) is 0.323. The molecular weight excluding hydrogens is 472 g/mol. The van der Waals surface area contributed by atoms with Gasteiger partial charge in [0.1, 0.15) is 8.07 Å². The van der Waals surface area contributed by atoms with Crippen LogP contribution in [0.25, 0.3) is 0 Å². The van der Waals surface area contributed by atoms with E-state index in [1.807, 2.05) is 0 Å². The Kier molecular flexibility index (Phi) is 6.58. The van der Waals surface area contributed by atoms with E-state index in [4.69, 9.17) is 0 Å². The summed E-state index contributed by atoms with van der Waals surface area (Å²) in [6.45, 7) is 3.62. The highest BCUT2D eigenvalue weighted by Gasteiger charge is 2.65.